The van der Waals surface area contributed by atoms with E-state index in [1.807, 2.05) is 42.4 Å². The van der Waals surface area contributed by atoms with E-state index in [2.05, 4.69) is 27.5 Å². The second-order valence-corrected chi connectivity index (χ2v) is 9.61. The third-order valence-corrected chi connectivity index (χ3v) is 7.33. The van der Waals surface area contributed by atoms with E-state index in [-0.39, 0.29) is 29.4 Å². The number of aromatic nitrogens is 3. The highest BCUT2D eigenvalue weighted by molar-refractivity contribution is 5.91. The zero-order valence-electron chi connectivity index (χ0n) is 20.6. The molecule has 1 aliphatic heterocycles. The largest absolute Gasteiger partial charge is 0.370 e. The molecule has 186 valence electrons. The zero-order chi connectivity index (χ0) is 25.1. The summed E-state index contributed by atoms with van der Waals surface area (Å²) in [5.41, 5.74) is 3.95. The number of ether oxygens (including phenoxy) is 1. The molecule has 1 spiro atoms. The molecule has 3 heterocycles. The van der Waals surface area contributed by atoms with Crippen LogP contribution < -0.4 is 5.32 Å². The molecule has 2 aliphatic rings. The fourth-order valence-corrected chi connectivity index (χ4v) is 5.63. The van der Waals surface area contributed by atoms with Crippen LogP contribution in [0.4, 0.5) is 0 Å². The van der Waals surface area contributed by atoms with Crippen LogP contribution in [0.25, 0.3) is 6.08 Å². The lowest BCUT2D eigenvalue weighted by Gasteiger charge is -2.44. The molecule has 2 amide bonds. The Morgan fingerprint density at radius 2 is 1.92 bits per heavy atom. The van der Waals surface area contributed by atoms with Gasteiger partial charge in [-0.1, -0.05) is 24.3 Å². The van der Waals surface area contributed by atoms with Crippen LogP contribution in [0.1, 0.15) is 48.1 Å². The second-order valence-electron chi connectivity index (χ2n) is 9.61. The molecule has 1 fully saturated rings. The lowest BCUT2D eigenvalue weighted by Crippen LogP contribution is -2.51. The van der Waals surface area contributed by atoms with Crippen LogP contribution in [-0.2, 0) is 33.4 Å². The van der Waals surface area contributed by atoms with Gasteiger partial charge in [0, 0.05) is 62.7 Å². The summed E-state index contributed by atoms with van der Waals surface area (Å²) < 4.78 is 8.32. The van der Waals surface area contributed by atoms with Gasteiger partial charge in [-0.2, -0.15) is 5.10 Å². The van der Waals surface area contributed by atoms with Crippen LogP contribution in [0, 0.1) is 0 Å². The topological polar surface area (TPSA) is 89.4 Å². The molecule has 5 rings (SSSR count). The van der Waals surface area contributed by atoms with Gasteiger partial charge in [0.05, 0.1) is 24.9 Å². The van der Waals surface area contributed by atoms with Crippen molar-refractivity contribution >= 4 is 17.9 Å². The fourth-order valence-electron chi connectivity index (χ4n) is 5.63. The molecule has 1 N–H and O–H groups in total. The quantitative estimate of drug-likeness (QED) is 0.542. The number of nitrogens with zero attached hydrogens (tertiary/aromatic N) is 4. The maximum absolute atomic E-state index is 12.9. The minimum Gasteiger partial charge on any atom is -0.370 e. The van der Waals surface area contributed by atoms with E-state index >= 15 is 0 Å². The van der Waals surface area contributed by atoms with E-state index in [4.69, 9.17) is 4.74 Å². The van der Waals surface area contributed by atoms with Gasteiger partial charge < -0.3 is 15.0 Å². The van der Waals surface area contributed by atoms with Crippen molar-refractivity contribution in [1.82, 2.24) is 25.0 Å². The van der Waals surface area contributed by atoms with Gasteiger partial charge in [0.15, 0.2) is 0 Å². The smallest absolute Gasteiger partial charge is 0.246 e. The Bertz CT molecular complexity index is 1260. The number of aryl methyl sites for hydroxylation is 1. The summed E-state index contributed by atoms with van der Waals surface area (Å²) in [4.78, 5) is 31.1. The highest BCUT2D eigenvalue weighted by Gasteiger charge is 2.54. The molecule has 0 unspecified atom stereocenters. The van der Waals surface area contributed by atoms with Crippen LogP contribution in [0.15, 0.2) is 67.3 Å². The summed E-state index contributed by atoms with van der Waals surface area (Å²) in [6.07, 6.45) is 11.8. The van der Waals surface area contributed by atoms with Gasteiger partial charge >= 0.3 is 0 Å². The highest BCUT2D eigenvalue weighted by Crippen LogP contribution is 2.52. The highest BCUT2D eigenvalue weighted by atomic mass is 16.5. The number of hydrogen-bond donors (Lipinski definition) is 1. The van der Waals surface area contributed by atoms with Crippen molar-refractivity contribution in [1.29, 1.82) is 0 Å². The average Bonchev–Trinajstić information content (AvgIpc) is 3.41. The molecule has 36 heavy (non-hydrogen) atoms. The molecule has 8 heteroatoms. The van der Waals surface area contributed by atoms with Crippen molar-refractivity contribution in [2.45, 2.75) is 43.9 Å². The van der Waals surface area contributed by atoms with E-state index in [1.165, 1.54) is 5.56 Å². The molecule has 1 aliphatic carbocycles. The fraction of sp³-hybridized carbons (Fsp3) is 0.357. The number of benzene rings is 1. The molecule has 0 saturated carbocycles. The first-order chi connectivity index (χ1) is 17.5. The van der Waals surface area contributed by atoms with E-state index in [0.717, 1.165) is 29.5 Å². The Balaban J connectivity index is 1.38. The molecule has 2 aromatic heterocycles. The maximum atomic E-state index is 12.9. The van der Waals surface area contributed by atoms with Crippen LogP contribution in [0.2, 0.25) is 0 Å². The standard InChI is InChI=1S/C28H31N5O3/c1-20(34)31-26-23-5-3-4-6-24(23)28(27(26)36-19-21-9-13-29-14-10-21)11-15-33(16-12-28)25(35)8-7-22-17-30-32(2)18-22/h3-10,13-14,17-18,26-27H,11-12,15-16,19H2,1-2H3,(H,31,34)/b8-7+/t26-,27+/m1/s1. The average molecular weight is 486 g/mol. The Hall–Kier alpha value is -3.78. The number of hydrogen-bond acceptors (Lipinski definition) is 5. The molecular formula is C28H31N5O3. The molecule has 8 nitrogen and oxygen atoms in total. The Kier molecular flexibility index (Phi) is 6.69. The first-order valence-electron chi connectivity index (χ1n) is 12.3. The van der Waals surface area contributed by atoms with Gasteiger partial charge in [-0.05, 0) is 47.7 Å². The molecule has 0 radical (unpaired) electrons. The Morgan fingerprint density at radius 3 is 2.61 bits per heavy atom. The monoisotopic (exact) mass is 485 g/mol. The Morgan fingerprint density at radius 1 is 1.17 bits per heavy atom. The summed E-state index contributed by atoms with van der Waals surface area (Å²) in [6, 6.07) is 11.9. The van der Waals surface area contributed by atoms with Crippen molar-refractivity contribution in [2.75, 3.05) is 13.1 Å². The molecule has 0 bridgehead atoms. The first kappa shape index (κ1) is 23.9. The van der Waals surface area contributed by atoms with Gasteiger partial charge in [-0.3, -0.25) is 19.3 Å². The number of piperidine rings is 1. The van der Waals surface area contributed by atoms with Gasteiger partial charge in [-0.15, -0.1) is 0 Å². The first-order valence-corrected chi connectivity index (χ1v) is 12.3. The summed E-state index contributed by atoms with van der Waals surface area (Å²) in [5, 5.41) is 7.30. The number of carbonyl (C=O) groups is 2. The van der Waals surface area contributed by atoms with Crippen LogP contribution in [-0.4, -0.2) is 50.7 Å². The minimum atomic E-state index is -0.291. The van der Waals surface area contributed by atoms with Crippen molar-refractivity contribution < 1.29 is 14.3 Å². The lowest BCUT2D eigenvalue weighted by molar-refractivity contribution is -0.129. The molecule has 1 aromatic carbocycles. The van der Waals surface area contributed by atoms with Gasteiger partial charge in [0.1, 0.15) is 0 Å². The van der Waals surface area contributed by atoms with Crippen molar-refractivity contribution in [3.05, 3.63) is 89.5 Å². The minimum absolute atomic E-state index is 0.00681. The molecule has 1 saturated heterocycles. The van der Waals surface area contributed by atoms with Gasteiger partial charge in [0.2, 0.25) is 11.8 Å². The van der Waals surface area contributed by atoms with Crippen molar-refractivity contribution in [3.8, 4) is 0 Å². The molecular weight excluding hydrogens is 454 g/mol. The maximum Gasteiger partial charge on any atom is 0.246 e. The molecule has 3 aromatic rings. The van der Waals surface area contributed by atoms with Crippen LogP contribution >= 0.6 is 0 Å². The predicted octanol–water partition coefficient (Wildman–Crippen LogP) is 3.16. The van der Waals surface area contributed by atoms with Crippen LogP contribution in [0.3, 0.4) is 0 Å². The number of carbonyl (C=O) groups excluding carboxylic acids is 2. The van der Waals surface area contributed by atoms with Crippen molar-refractivity contribution in [2.24, 2.45) is 7.05 Å². The van der Waals surface area contributed by atoms with E-state index < -0.39 is 0 Å². The summed E-state index contributed by atoms with van der Waals surface area (Å²) in [7, 11) is 1.85. The SMILES string of the molecule is CC(=O)N[C@@H]1c2ccccc2C2(CCN(C(=O)/C=C/c3cnn(C)c3)CC2)[C@H]1OCc1ccncc1. The normalized spacial score (nSPS) is 20.6. The van der Waals surface area contributed by atoms with E-state index in [9.17, 15) is 9.59 Å². The predicted molar refractivity (Wildman–Crippen MR) is 136 cm³/mol. The zero-order valence-corrected chi connectivity index (χ0v) is 20.6. The summed E-state index contributed by atoms with van der Waals surface area (Å²) in [6.45, 7) is 3.21. The number of amides is 2. The number of rotatable bonds is 6. The number of likely N-dealkylation sites (tertiary alicyclic amines) is 1. The van der Waals surface area contributed by atoms with Crippen molar-refractivity contribution in [3.63, 3.8) is 0 Å². The van der Waals surface area contributed by atoms with Crippen LogP contribution in [0.5, 0.6) is 0 Å². The third kappa shape index (κ3) is 4.68. The summed E-state index contributed by atoms with van der Waals surface area (Å²) >= 11 is 0. The lowest BCUT2D eigenvalue weighted by atomic mass is 9.71. The second kappa shape index (κ2) is 10.1. The number of pyridine rings is 1. The number of fused-ring (bicyclic) bond motifs is 2. The Labute approximate surface area is 211 Å². The summed E-state index contributed by atoms with van der Waals surface area (Å²) in [5.74, 6) is -0.0924. The van der Waals surface area contributed by atoms with Gasteiger partial charge in [0.25, 0.3) is 0 Å². The van der Waals surface area contributed by atoms with Gasteiger partial charge in [-0.25, -0.2) is 0 Å². The third-order valence-electron chi connectivity index (χ3n) is 7.33. The van der Waals surface area contributed by atoms with E-state index in [1.54, 1.807) is 42.3 Å². The van der Waals surface area contributed by atoms with E-state index in [0.29, 0.717) is 19.7 Å². The number of nitrogens with one attached hydrogen (secondary N) is 1. The molecule has 2 atom stereocenters.